The van der Waals surface area contributed by atoms with E-state index in [1.54, 1.807) is 0 Å². The fourth-order valence-corrected chi connectivity index (χ4v) is 3.04. The summed E-state index contributed by atoms with van der Waals surface area (Å²) in [5, 5.41) is 0. The fraction of sp³-hybridized carbons (Fsp3) is 1.00. The Morgan fingerprint density at radius 2 is 1.48 bits per heavy atom. The van der Waals surface area contributed by atoms with Crippen LogP contribution in [0.5, 0.6) is 0 Å². The highest BCUT2D eigenvalue weighted by Gasteiger charge is 2.26. The molecule has 0 aromatic carbocycles. The lowest BCUT2D eigenvalue weighted by Crippen LogP contribution is -2.24. The SMILES string of the molecule is CCC(C)COC(C)CCCC(C)CC(C)(C)C(C)CC. The highest BCUT2D eigenvalue weighted by molar-refractivity contribution is 4.77. The Morgan fingerprint density at radius 3 is 2.00 bits per heavy atom. The van der Waals surface area contributed by atoms with E-state index in [4.69, 9.17) is 4.74 Å². The van der Waals surface area contributed by atoms with Crippen molar-refractivity contribution in [2.75, 3.05) is 6.61 Å². The van der Waals surface area contributed by atoms with Gasteiger partial charge in [0, 0.05) is 6.61 Å². The maximum absolute atomic E-state index is 5.93. The fourth-order valence-electron chi connectivity index (χ4n) is 3.04. The molecular weight excluding hydrogens is 256 g/mol. The van der Waals surface area contributed by atoms with Gasteiger partial charge in [-0.2, -0.15) is 0 Å². The van der Waals surface area contributed by atoms with Gasteiger partial charge in [-0.25, -0.2) is 0 Å². The molecule has 1 heteroatoms. The third-order valence-electron chi connectivity index (χ3n) is 5.49. The van der Waals surface area contributed by atoms with Gasteiger partial charge in [-0.05, 0) is 42.9 Å². The van der Waals surface area contributed by atoms with Gasteiger partial charge in [0.05, 0.1) is 6.10 Å². The second kappa shape index (κ2) is 10.6. The van der Waals surface area contributed by atoms with E-state index in [1.807, 2.05) is 0 Å². The van der Waals surface area contributed by atoms with Crippen molar-refractivity contribution in [3.8, 4) is 0 Å². The number of hydrogen-bond acceptors (Lipinski definition) is 1. The summed E-state index contributed by atoms with van der Waals surface area (Å²) in [6.45, 7) is 19.7. The van der Waals surface area contributed by atoms with Crippen LogP contribution >= 0.6 is 0 Å². The molecule has 0 fully saturated rings. The molecule has 0 radical (unpaired) electrons. The molecule has 0 amide bonds. The topological polar surface area (TPSA) is 9.23 Å². The molecule has 128 valence electrons. The highest BCUT2D eigenvalue weighted by Crippen LogP contribution is 2.36. The predicted molar refractivity (Wildman–Crippen MR) is 95.7 cm³/mol. The van der Waals surface area contributed by atoms with Crippen molar-refractivity contribution in [3.63, 3.8) is 0 Å². The van der Waals surface area contributed by atoms with E-state index in [1.165, 1.54) is 38.5 Å². The van der Waals surface area contributed by atoms with Gasteiger partial charge in [0.15, 0.2) is 0 Å². The summed E-state index contributed by atoms with van der Waals surface area (Å²) in [7, 11) is 0. The van der Waals surface area contributed by atoms with Crippen LogP contribution < -0.4 is 0 Å². The average Bonchev–Trinajstić information content (AvgIpc) is 2.42. The van der Waals surface area contributed by atoms with Gasteiger partial charge in [-0.1, -0.05) is 74.1 Å². The molecule has 4 atom stereocenters. The van der Waals surface area contributed by atoms with Gasteiger partial charge in [-0.3, -0.25) is 0 Å². The zero-order valence-corrected chi connectivity index (χ0v) is 16.2. The first-order valence-electron chi connectivity index (χ1n) is 9.34. The minimum Gasteiger partial charge on any atom is -0.378 e. The molecule has 0 rings (SSSR count). The summed E-state index contributed by atoms with van der Waals surface area (Å²) in [5.41, 5.74) is 0.479. The molecule has 0 saturated carbocycles. The summed E-state index contributed by atoms with van der Waals surface area (Å²) in [6, 6.07) is 0. The van der Waals surface area contributed by atoms with Crippen LogP contribution in [-0.2, 0) is 4.74 Å². The molecule has 0 aliphatic heterocycles. The zero-order chi connectivity index (χ0) is 16.5. The van der Waals surface area contributed by atoms with E-state index >= 15 is 0 Å². The van der Waals surface area contributed by atoms with Crippen molar-refractivity contribution in [1.82, 2.24) is 0 Å². The van der Waals surface area contributed by atoms with E-state index in [-0.39, 0.29) is 0 Å². The maximum Gasteiger partial charge on any atom is 0.0547 e. The lowest BCUT2D eigenvalue weighted by Gasteiger charge is -2.34. The van der Waals surface area contributed by atoms with E-state index in [9.17, 15) is 0 Å². The molecule has 0 aliphatic rings. The van der Waals surface area contributed by atoms with E-state index in [2.05, 4.69) is 55.4 Å². The van der Waals surface area contributed by atoms with Crippen LogP contribution in [0.1, 0.15) is 93.9 Å². The molecule has 0 spiro atoms. The number of ether oxygens (including phenoxy) is 1. The molecule has 21 heavy (non-hydrogen) atoms. The first-order valence-corrected chi connectivity index (χ1v) is 9.34. The minimum atomic E-state index is 0.425. The van der Waals surface area contributed by atoms with Crippen LogP contribution in [0.3, 0.4) is 0 Å². The largest absolute Gasteiger partial charge is 0.378 e. The molecular formula is C20H42O. The van der Waals surface area contributed by atoms with Gasteiger partial charge in [-0.15, -0.1) is 0 Å². The van der Waals surface area contributed by atoms with Gasteiger partial charge in [0.25, 0.3) is 0 Å². The standard InChI is InChI=1S/C20H42O/c1-9-16(3)15-21-19(6)13-11-12-17(4)14-20(7,8)18(5)10-2/h16-19H,9-15H2,1-8H3. The third-order valence-corrected chi connectivity index (χ3v) is 5.49. The molecule has 0 saturated heterocycles. The van der Waals surface area contributed by atoms with Gasteiger partial charge in [0.2, 0.25) is 0 Å². The molecule has 0 aliphatic carbocycles. The summed E-state index contributed by atoms with van der Waals surface area (Å²) in [4.78, 5) is 0. The van der Waals surface area contributed by atoms with Crippen LogP contribution in [0.2, 0.25) is 0 Å². The van der Waals surface area contributed by atoms with Gasteiger partial charge >= 0.3 is 0 Å². The van der Waals surface area contributed by atoms with Crippen molar-refractivity contribution >= 4 is 0 Å². The minimum absolute atomic E-state index is 0.425. The van der Waals surface area contributed by atoms with E-state index < -0.39 is 0 Å². The van der Waals surface area contributed by atoms with Gasteiger partial charge < -0.3 is 4.74 Å². The molecule has 0 aromatic rings. The lowest BCUT2D eigenvalue weighted by molar-refractivity contribution is 0.0357. The Morgan fingerprint density at radius 1 is 0.857 bits per heavy atom. The Hall–Kier alpha value is -0.0400. The highest BCUT2D eigenvalue weighted by atomic mass is 16.5. The molecule has 4 unspecified atom stereocenters. The predicted octanol–water partition coefficient (Wildman–Crippen LogP) is 6.71. The Labute approximate surface area is 135 Å². The molecule has 0 heterocycles. The third kappa shape index (κ3) is 9.55. The van der Waals surface area contributed by atoms with Crippen molar-refractivity contribution in [3.05, 3.63) is 0 Å². The van der Waals surface area contributed by atoms with Gasteiger partial charge in [0.1, 0.15) is 0 Å². The van der Waals surface area contributed by atoms with Crippen molar-refractivity contribution < 1.29 is 4.74 Å². The van der Waals surface area contributed by atoms with Crippen LogP contribution in [0.4, 0.5) is 0 Å². The summed E-state index contributed by atoms with van der Waals surface area (Å²) < 4.78 is 5.93. The van der Waals surface area contributed by atoms with Crippen molar-refractivity contribution in [1.29, 1.82) is 0 Å². The quantitative estimate of drug-likeness (QED) is 0.389. The average molecular weight is 299 g/mol. The maximum atomic E-state index is 5.93. The van der Waals surface area contributed by atoms with Crippen LogP contribution in [0.15, 0.2) is 0 Å². The van der Waals surface area contributed by atoms with E-state index in [0.29, 0.717) is 17.4 Å². The molecule has 0 aromatic heterocycles. The van der Waals surface area contributed by atoms with Crippen LogP contribution in [0.25, 0.3) is 0 Å². The van der Waals surface area contributed by atoms with Crippen LogP contribution in [-0.4, -0.2) is 12.7 Å². The smallest absolute Gasteiger partial charge is 0.0547 e. The number of rotatable bonds is 12. The number of hydrogen-bond donors (Lipinski definition) is 0. The molecule has 1 nitrogen and oxygen atoms in total. The van der Waals surface area contributed by atoms with Crippen LogP contribution in [0, 0.1) is 23.2 Å². The monoisotopic (exact) mass is 298 g/mol. The summed E-state index contributed by atoms with van der Waals surface area (Å²) in [6.07, 6.45) is 8.15. The van der Waals surface area contributed by atoms with E-state index in [0.717, 1.165) is 18.4 Å². The summed E-state index contributed by atoms with van der Waals surface area (Å²) in [5.74, 6) is 2.34. The first-order chi connectivity index (χ1) is 9.72. The Bertz CT molecular complexity index is 246. The summed E-state index contributed by atoms with van der Waals surface area (Å²) >= 11 is 0. The van der Waals surface area contributed by atoms with Crippen molar-refractivity contribution in [2.45, 2.75) is 100 Å². The Balaban J connectivity index is 3.86. The second-order valence-electron chi connectivity index (χ2n) is 8.20. The Kier molecular flexibility index (Phi) is 10.6. The molecule has 0 N–H and O–H groups in total. The second-order valence-corrected chi connectivity index (χ2v) is 8.20. The first kappa shape index (κ1) is 21.0. The lowest BCUT2D eigenvalue weighted by atomic mass is 9.72. The van der Waals surface area contributed by atoms with Crippen molar-refractivity contribution in [2.24, 2.45) is 23.2 Å². The zero-order valence-electron chi connectivity index (χ0n) is 16.2. The molecule has 0 bridgehead atoms. The normalized spacial score (nSPS) is 18.3.